The summed E-state index contributed by atoms with van der Waals surface area (Å²) in [7, 11) is 0. The van der Waals surface area contributed by atoms with Crippen molar-refractivity contribution in [3.63, 3.8) is 0 Å². The van der Waals surface area contributed by atoms with E-state index in [1.54, 1.807) is 18.2 Å². The smallest absolute Gasteiger partial charge is 0.165 e. The van der Waals surface area contributed by atoms with Gasteiger partial charge in [-0.2, -0.15) is 0 Å². The predicted molar refractivity (Wildman–Crippen MR) is 69.9 cm³/mol. The van der Waals surface area contributed by atoms with E-state index in [9.17, 15) is 4.39 Å². The molecule has 0 N–H and O–H groups in total. The third-order valence-corrected chi connectivity index (χ3v) is 3.23. The van der Waals surface area contributed by atoms with Crippen molar-refractivity contribution in [2.24, 2.45) is 0 Å². The van der Waals surface area contributed by atoms with E-state index in [1.807, 2.05) is 24.3 Å². The molecule has 16 heavy (non-hydrogen) atoms. The normalized spacial score (nSPS) is 10.1. The van der Waals surface area contributed by atoms with Gasteiger partial charge in [-0.25, -0.2) is 4.39 Å². The van der Waals surface area contributed by atoms with Crippen LogP contribution < -0.4 is 4.74 Å². The minimum Gasteiger partial charge on any atom is -0.486 e. The molecule has 0 fully saturated rings. The first-order valence-corrected chi connectivity index (χ1v) is 5.96. The van der Waals surface area contributed by atoms with E-state index >= 15 is 0 Å². The first-order valence-electron chi connectivity index (χ1n) is 4.88. The summed E-state index contributed by atoms with van der Waals surface area (Å²) in [5.41, 5.74) is 1.06. The molecule has 0 bridgehead atoms. The minimum atomic E-state index is -0.326. The summed E-state index contributed by atoms with van der Waals surface area (Å²) in [6, 6.07) is 14.3. The minimum absolute atomic E-state index is 0.294. The van der Waals surface area contributed by atoms with Gasteiger partial charge < -0.3 is 4.74 Å². The van der Waals surface area contributed by atoms with Crippen LogP contribution in [-0.2, 0) is 6.61 Å². The van der Waals surface area contributed by atoms with Crippen molar-refractivity contribution in [1.29, 1.82) is 0 Å². The number of rotatable bonds is 3. The van der Waals surface area contributed by atoms with Gasteiger partial charge >= 0.3 is 0 Å². The zero-order valence-corrected chi connectivity index (χ0v) is 10.6. The van der Waals surface area contributed by atoms with E-state index in [4.69, 9.17) is 4.74 Å². The Morgan fingerprint density at radius 3 is 2.44 bits per heavy atom. The van der Waals surface area contributed by atoms with Gasteiger partial charge in [0.05, 0.1) is 0 Å². The lowest BCUT2D eigenvalue weighted by molar-refractivity contribution is 0.289. The molecule has 2 rings (SSSR count). The fourth-order valence-corrected chi connectivity index (χ4v) is 1.88. The summed E-state index contributed by atoms with van der Waals surface area (Å²) < 4.78 is 19.8. The fraction of sp³-hybridized carbons (Fsp3) is 0.0769. The van der Waals surface area contributed by atoms with Crippen LogP contribution in [0.15, 0.2) is 48.5 Å². The zero-order valence-electron chi connectivity index (χ0n) is 8.49. The van der Waals surface area contributed by atoms with Gasteiger partial charge in [-0.1, -0.05) is 30.3 Å². The Kier molecular flexibility index (Phi) is 3.77. The molecule has 0 saturated heterocycles. The Balaban J connectivity index is 2.09. The van der Waals surface area contributed by atoms with E-state index < -0.39 is 0 Å². The van der Waals surface area contributed by atoms with E-state index in [0.717, 1.165) is 9.13 Å². The molecule has 82 valence electrons. The van der Waals surface area contributed by atoms with Crippen LogP contribution in [0.1, 0.15) is 5.56 Å². The fourth-order valence-electron chi connectivity index (χ4n) is 1.33. The molecule has 1 nitrogen and oxygen atoms in total. The molecule has 0 atom stereocenters. The molecule has 0 aliphatic rings. The Hall–Kier alpha value is -1.10. The highest BCUT2D eigenvalue weighted by molar-refractivity contribution is 14.1. The SMILES string of the molecule is Fc1ccccc1OCc1ccccc1I. The van der Waals surface area contributed by atoms with Crippen LogP contribution in [0, 0.1) is 9.39 Å². The van der Waals surface area contributed by atoms with Crippen LogP contribution in [0.3, 0.4) is 0 Å². The maximum absolute atomic E-state index is 13.3. The maximum atomic E-state index is 13.3. The monoisotopic (exact) mass is 328 g/mol. The number of hydrogen-bond acceptors (Lipinski definition) is 1. The van der Waals surface area contributed by atoms with Crippen molar-refractivity contribution in [2.45, 2.75) is 6.61 Å². The lowest BCUT2D eigenvalue weighted by atomic mass is 10.2. The van der Waals surface area contributed by atoms with Crippen LogP contribution in [0.25, 0.3) is 0 Å². The Labute approximate surface area is 107 Å². The third-order valence-electron chi connectivity index (χ3n) is 2.18. The summed E-state index contributed by atoms with van der Waals surface area (Å²) in [6.07, 6.45) is 0. The van der Waals surface area contributed by atoms with Crippen LogP contribution in [0.4, 0.5) is 4.39 Å². The molecule has 0 radical (unpaired) electrons. The zero-order chi connectivity index (χ0) is 11.4. The lowest BCUT2D eigenvalue weighted by Gasteiger charge is -2.08. The van der Waals surface area contributed by atoms with Gasteiger partial charge in [-0.3, -0.25) is 0 Å². The number of hydrogen-bond donors (Lipinski definition) is 0. The average Bonchev–Trinajstić information content (AvgIpc) is 2.30. The highest BCUT2D eigenvalue weighted by Gasteiger charge is 2.03. The quantitative estimate of drug-likeness (QED) is 0.774. The first kappa shape index (κ1) is 11.4. The summed E-state index contributed by atoms with van der Waals surface area (Å²) in [6.45, 7) is 0.389. The maximum Gasteiger partial charge on any atom is 0.165 e. The van der Waals surface area contributed by atoms with Gasteiger partial charge in [0.2, 0.25) is 0 Å². The van der Waals surface area contributed by atoms with Crippen LogP contribution >= 0.6 is 22.6 Å². The molecule has 0 aliphatic heterocycles. The molecular weight excluding hydrogens is 318 g/mol. The van der Waals surface area contributed by atoms with E-state index in [0.29, 0.717) is 12.4 Å². The molecule has 0 spiro atoms. The number of para-hydroxylation sites is 1. The summed E-state index contributed by atoms with van der Waals surface area (Å²) in [5, 5.41) is 0. The topological polar surface area (TPSA) is 9.23 Å². The number of benzene rings is 2. The van der Waals surface area contributed by atoms with Crippen molar-refractivity contribution < 1.29 is 9.13 Å². The van der Waals surface area contributed by atoms with Gasteiger partial charge in [0.1, 0.15) is 6.61 Å². The summed E-state index contributed by atoms with van der Waals surface area (Å²) in [4.78, 5) is 0. The van der Waals surface area contributed by atoms with E-state index in [2.05, 4.69) is 22.6 Å². The molecule has 2 aromatic carbocycles. The molecule has 3 heteroatoms. The van der Waals surface area contributed by atoms with E-state index in [-0.39, 0.29) is 5.82 Å². The molecule has 2 aromatic rings. The predicted octanol–water partition coefficient (Wildman–Crippen LogP) is 4.01. The first-order chi connectivity index (χ1) is 7.77. The molecule has 0 amide bonds. The third kappa shape index (κ3) is 2.72. The van der Waals surface area contributed by atoms with Gasteiger partial charge in [0, 0.05) is 9.13 Å². The highest BCUT2D eigenvalue weighted by atomic mass is 127. The van der Waals surface area contributed by atoms with Gasteiger partial charge in [0.15, 0.2) is 11.6 Å². The van der Waals surface area contributed by atoms with Crippen molar-refractivity contribution in [3.8, 4) is 5.75 Å². The molecule has 0 aliphatic carbocycles. The van der Waals surface area contributed by atoms with Crippen LogP contribution in [0.5, 0.6) is 5.75 Å². The second kappa shape index (κ2) is 5.30. The number of ether oxygens (including phenoxy) is 1. The van der Waals surface area contributed by atoms with Crippen LogP contribution in [0.2, 0.25) is 0 Å². The largest absolute Gasteiger partial charge is 0.486 e. The van der Waals surface area contributed by atoms with Gasteiger partial charge in [-0.05, 0) is 40.8 Å². The number of halogens is 2. The Morgan fingerprint density at radius 2 is 1.69 bits per heavy atom. The van der Waals surface area contributed by atoms with Crippen molar-refractivity contribution in [3.05, 3.63) is 63.5 Å². The molecule has 0 unspecified atom stereocenters. The molecule has 0 aromatic heterocycles. The van der Waals surface area contributed by atoms with Crippen molar-refractivity contribution >= 4 is 22.6 Å². The molecule has 0 heterocycles. The Bertz CT molecular complexity index is 439. The van der Waals surface area contributed by atoms with Crippen molar-refractivity contribution in [2.75, 3.05) is 0 Å². The lowest BCUT2D eigenvalue weighted by Crippen LogP contribution is -1.98. The highest BCUT2D eigenvalue weighted by Crippen LogP contribution is 2.19. The van der Waals surface area contributed by atoms with E-state index in [1.165, 1.54) is 6.07 Å². The molecule has 0 saturated carbocycles. The second-order valence-corrected chi connectivity index (χ2v) is 4.47. The van der Waals surface area contributed by atoms with Crippen LogP contribution in [-0.4, -0.2) is 0 Å². The standard InChI is InChI=1S/C13H10FIO/c14-11-6-2-4-8-13(11)16-9-10-5-1-3-7-12(10)15/h1-8H,9H2. The average molecular weight is 328 g/mol. The Morgan fingerprint density at radius 1 is 1.00 bits per heavy atom. The summed E-state index contributed by atoms with van der Waals surface area (Å²) >= 11 is 2.24. The summed E-state index contributed by atoms with van der Waals surface area (Å²) in [5.74, 6) is -0.0319. The van der Waals surface area contributed by atoms with Gasteiger partial charge in [0.25, 0.3) is 0 Å². The molecular formula is C13H10FIO. The van der Waals surface area contributed by atoms with Crippen molar-refractivity contribution in [1.82, 2.24) is 0 Å². The van der Waals surface area contributed by atoms with Gasteiger partial charge in [-0.15, -0.1) is 0 Å². The second-order valence-electron chi connectivity index (χ2n) is 3.31.